The van der Waals surface area contributed by atoms with Gasteiger partial charge in [-0.3, -0.25) is 4.79 Å². The predicted molar refractivity (Wildman–Crippen MR) is 95.7 cm³/mol. The van der Waals surface area contributed by atoms with Crippen LogP contribution in [-0.2, 0) is 0 Å². The number of pyridine rings is 1. The number of anilines is 1. The summed E-state index contributed by atoms with van der Waals surface area (Å²) in [5.41, 5.74) is 1.52. The number of aromatic nitrogens is 6. The van der Waals surface area contributed by atoms with Crippen molar-refractivity contribution in [3.63, 3.8) is 0 Å². The smallest absolute Gasteiger partial charge is 0.276 e. The molecule has 8 nitrogen and oxygen atoms in total. The second kappa shape index (κ2) is 6.77. The summed E-state index contributed by atoms with van der Waals surface area (Å²) in [6.07, 6.45) is 6.19. The zero-order chi connectivity index (χ0) is 17.9. The predicted octanol–water partition coefficient (Wildman–Crippen LogP) is 2.75. The third-order valence-corrected chi connectivity index (χ3v) is 3.90. The SMILES string of the molecule is O=C(Nc1ccc(-n2cncn2)nc1)c1ccn(-c2ccccc2Cl)n1. The second-order valence-corrected chi connectivity index (χ2v) is 5.70. The molecule has 0 spiro atoms. The van der Waals surface area contributed by atoms with E-state index in [-0.39, 0.29) is 11.6 Å². The van der Waals surface area contributed by atoms with Crippen molar-refractivity contribution in [2.24, 2.45) is 0 Å². The normalized spacial score (nSPS) is 10.7. The molecule has 4 aromatic rings. The number of halogens is 1. The van der Waals surface area contributed by atoms with Gasteiger partial charge >= 0.3 is 0 Å². The first-order valence-corrected chi connectivity index (χ1v) is 8.01. The molecule has 1 amide bonds. The molecule has 1 aromatic carbocycles. The summed E-state index contributed by atoms with van der Waals surface area (Å²) in [5.74, 6) is 0.259. The number of rotatable bonds is 4. The molecule has 4 rings (SSSR count). The van der Waals surface area contributed by atoms with Crippen molar-refractivity contribution in [3.05, 3.63) is 78.2 Å². The van der Waals surface area contributed by atoms with Gasteiger partial charge in [-0.15, -0.1) is 0 Å². The first-order chi connectivity index (χ1) is 12.7. The average molecular weight is 366 g/mol. The topological polar surface area (TPSA) is 90.5 Å². The number of nitrogens with one attached hydrogen (secondary N) is 1. The molecule has 3 aromatic heterocycles. The highest BCUT2D eigenvalue weighted by molar-refractivity contribution is 6.32. The molecule has 0 atom stereocenters. The number of nitrogens with zero attached hydrogens (tertiary/aromatic N) is 6. The van der Waals surface area contributed by atoms with Crippen molar-refractivity contribution in [2.75, 3.05) is 5.32 Å². The minimum Gasteiger partial charge on any atom is -0.319 e. The van der Waals surface area contributed by atoms with Gasteiger partial charge in [-0.1, -0.05) is 23.7 Å². The highest BCUT2D eigenvalue weighted by Gasteiger charge is 2.12. The highest BCUT2D eigenvalue weighted by atomic mass is 35.5. The van der Waals surface area contributed by atoms with Gasteiger partial charge in [0.25, 0.3) is 5.91 Å². The number of carbonyl (C=O) groups excluding carboxylic acids is 1. The first kappa shape index (κ1) is 16.0. The molecule has 0 saturated carbocycles. The van der Waals surface area contributed by atoms with Crippen molar-refractivity contribution in [1.29, 1.82) is 0 Å². The van der Waals surface area contributed by atoms with Crippen LogP contribution in [-0.4, -0.2) is 35.4 Å². The Labute approximate surface area is 153 Å². The zero-order valence-corrected chi connectivity index (χ0v) is 14.1. The third-order valence-electron chi connectivity index (χ3n) is 3.58. The molecule has 3 heterocycles. The minimum atomic E-state index is -0.342. The van der Waals surface area contributed by atoms with Crippen LogP contribution in [0.3, 0.4) is 0 Å². The summed E-state index contributed by atoms with van der Waals surface area (Å²) < 4.78 is 3.08. The maximum absolute atomic E-state index is 12.4. The Bertz CT molecular complexity index is 1040. The molecule has 9 heteroatoms. The number of hydrogen-bond acceptors (Lipinski definition) is 5. The fourth-order valence-electron chi connectivity index (χ4n) is 2.33. The number of hydrogen-bond donors (Lipinski definition) is 1. The molecular weight excluding hydrogens is 354 g/mol. The lowest BCUT2D eigenvalue weighted by Gasteiger charge is -2.05. The van der Waals surface area contributed by atoms with Crippen LogP contribution in [0.25, 0.3) is 11.5 Å². The molecule has 1 N–H and O–H groups in total. The van der Waals surface area contributed by atoms with E-state index in [1.807, 2.05) is 18.2 Å². The molecule has 0 saturated heterocycles. The lowest BCUT2D eigenvalue weighted by molar-refractivity contribution is 0.102. The Morgan fingerprint density at radius 1 is 1.08 bits per heavy atom. The Morgan fingerprint density at radius 2 is 1.96 bits per heavy atom. The van der Waals surface area contributed by atoms with Crippen molar-refractivity contribution in [1.82, 2.24) is 29.5 Å². The molecule has 0 unspecified atom stereocenters. The van der Waals surface area contributed by atoms with E-state index in [0.717, 1.165) is 0 Å². The van der Waals surface area contributed by atoms with E-state index in [4.69, 9.17) is 11.6 Å². The van der Waals surface area contributed by atoms with Gasteiger partial charge in [-0.25, -0.2) is 19.3 Å². The molecule has 128 valence electrons. The lowest BCUT2D eigenvalue weighted by atomic mass is 10.3. The van der Waals surface area contributed by atoms with Crippen molar-refractivity contribution in [2.45, 2.75) is 0 Å². The summed E-state index contributed by atoms with van der Waals surface area (Å²) in [5, 5.41) is 11.6. The van der Waals surface area contributed by atoms with Gasteiger partial charge in [0.1, 0.15) is 12.7 Å². The monoisotopic (exact) mass is 365 g/mol. The highest BCUT2D eigenvalue weighted by Crippen LogP contribution is 2.19. The van der Waals surface area contributed by atoms with E-state index in [9.17, 15) is 4.79 Å². The van der Waals surface area contributed by atoms with Gasteiger partial charge in [0.2, 0.25) is 0 Å². The van der Waals surface area contributed by atoms with E-state index in [1.54, 1.807) is 47.7 Å². The minimum absolute atomic E-state index is 0.269. The van der Waals surface area contributed by atoms with E-state index in [1.165, 1.54) is 11.0 Å². The van der Waals surface area contributed by atoms with E-state index in [0.29, 0.717) is 22.2 Å². The summed E-state index contributed by atoms with van der Waals surface area (Å²) in [6.45, 7) is 0. The van der Waals surface area contributed by atoms with Gasteiger partial charge in [0.05, 0.1) is 22.6 Å². The Balaban J connectivity index is 1.49. The van der Waals surface area contributed by atoms with Gasteiger partial charge in [-0.05, 0) is 30.3 Å². The second-order valence-electron chi connectivity index (χ2n) is 5.30. The van der Waals surface area contributed by atoms with Crippen LogP contribution < -0.4 is 5.32 Å². The maximum Gasteiger partial charge on any atom is 0.276 e. The van der Waals surface area contributed by atoms with Crippen LogP contribution in [0.15, 0.2) is 67.5 Å². The van der Waals surface area contributed by atoms with Crippen molar-refractivity contribution >= 4 is 23.2 Å². The molecule has 0 aliphatic heterocycles. The van der Waals surface area contributed by atoms with Crippen LogP contribution in [0, 0.1) is 0 Å². The number of amides is 1. The molecule has 0 fully saturated rings. The molecule has 26 heavy (non-hydrogen) atoms. The fraction of sp³-hybridized carbons (Fsp3) is 0. The maximum atomic E-state index is 12.4. The van der Waals surface area contributed by atoms with Gasteiger partial charge in [0, 0.05) is 6.20 Å². The molecule has 0 bridgehead atoms. The van der Waals surface area contributed by atoms with E-state index >= 15 is 0 Å². The number of benzene rings is 1. The first-order valence-electron chi connectivity index (χ1n) is 7.64. The largest absolute Gasteiger partial charge is 0.319 e. The van der Waals surface area contributed by atoms with Crippen LogP contribution in [0.2, 0.25) is 5.02 Å². The van der Waals surface area contributed by atoms with Crippen LogP contribution in [0.1, 0.15) is 10.5 Å². The molecular formula is C17H12ClN7O. The Kier molecular flexibility index (Phi) is 4.16. The number of para-hydroxylation sites is 1. The van der Waals surface area contributed by atoms with Crippen LogP contribution in [0.5, 0.6) is 0 Å². The Morgan fingerprint density at radius 3 is 2.69 bits per heavy atom. The number of carbonyl (C=O) groups is 1. The van der Waals surface area contributed by atoms with Crippen molar-refractivity contribution in [3.8, 4) is 11.5 Å². The van der Waals surface area contributed by atoms with E-state index in [2.05, 4.69) is 25.5 Å². The Hall–Kier alpha value is -3.52. The van der Waals surface area contributed by atoms with Gasteiger partial charge < -0.3 is 5.32 Å². The zero-order valence-electron chi connectivity index (χ0n) is 13.3. The molecule has 0 radical (unpaired) electrons. The summed E-state index contributed by atoms with van der Waals surface area (Å²) in [4.78, 5) is 20.5. The van der Waals surface area contributed by atoms with Crippen LogP contribution >= 0.6 is 11.6 Å². The molecule has 0 aliphatic carbocycles. The summed E-state index contributed by atoms with van der Waals surface area (Å²) in [7, 11) is 0. The summed E-state index contributed by atoms with van der Waals surface area (Å²) >= 11 is 6.15. The quantitative estimate of drug-likeness (QED) is 0.600. The lowest BCUT2D eigenvalue weighted by Crippen LogP contribution is -2.13. The van der Waals surface area contributed by atoms with Gasteiger partial charge in [0.15, 0.2) is 11.5 Å². The van der Waals surface area contributed by atoms with Crippen LogP contribution in [0.4, 0.5) is 5.69 Å². The molecule has 0 aliphatic rings. The summed E-state index contributed by atoms with van der Waals surface area (Å²) in [6, 6.07) is 12.4. The van der Waals surface area contributed by atoms with Crippen molar-refractivity contribution < 1.29 is 4.79 Å². The average Bonchev–Trinajstić information content (AvgIpc) is 3.35. The third kappa shape index (κ3) is 3.17. The fourth-order valence-corrected chi connectivity index (χ4v) is 2.56. The standard InChI is InChI=1S/C17H12ClN7O/c18-13-3-1-2-4-15(13)24-8-7-14(23-24)17(26)22-12-5-6-16(20-9-12)25-11-19-10-21-25/h1-11H,(H,22,26). The van der Waals surface area contributed by atoms with E-state index < -0.39 is 0 Å². The van der Waals surface area contributed by atoms with Gasteiger partial charge in [-0.2, -0.15) is 10.2 Å².